The number of amidine groups is 1. The van der Waals surface area contributed by atoms with Gasteiger partial charge >= 0.3 is 0 Å². The molecule has 3 rings (SSSR count). The van der Waals surface area contributed by atoms with Crippen molar-refractivity contribution in [1.82, 2.24) is 5.32 Å². The van der Waals surface area contributed by atoms with E-state index in [-0.39, 0.29) is 23.9 Å². The minimum Gasteiger partial charge on any atom is -0.379 e. The molecule has 0 radical (unpaired) electrons. The van der Waals surface area contributed by atoms with Gasteiger partial charge in [-0.1, -0.05) is 54.2 Å². The molecule has 6 heteroatoms. The van der Waals surface area contributed by atoms with E-state index in [1.165, 1.54) is 0 Å². The zero-order valence-electron chi connectivity index (χ0n) is 14.1. The summed E-state index contributed by atoms with van der Waals surface area (Å²) in [4.78, 5) is 16.8. The lowest BCUT2D eigenvalue weighted by molar-refractivity contribution is 0.0951. The third-order valence-corrected chi connectivity index (χ3v) is 5.03. The van der Waals surface area contributed by atoms with Gasteiger partial charge in [-0.25, -0.2) is 0 Å². The van der Waals surface area contributed by atoms with Crippen LogP contribution < -0.4 is 11.1 Å². The number of hydrogen-bond acceptors (Lipinski definition) is 4. The van der Waals surface area contributed by atoms with Gasteiger partial charge < -0.3 is 11.1 Å². The fourth-order valence-corrected chi connectivity index (χ4v) is 3.76. The van der Waals surface area contributed by atoms with Crippen LogP contribution in [0.5, 0.6) is 0 Å². The van der Waals surface area contributed by atoms with Crippen LogP contribution >= 0.6 is 24.2 Å². The number of halogens is 1. The molecule has 132 valence electrons. The SMILES string of the molecule is CC1(c2cccc(CNC(=O)c3ccccc3)c2)CCSC(N)=N1.Cl. The minimum atomic E-state index is -0.283. The molecule has 1 amide bonds. The van der Waals surface area contributed by atoms with Crippen LogP contribution in [0.1, 0.15) is 34.8 Å². The van der Waals surface area contributed by atoms with E-state index in [1.807, 2.05) is 42.5 Å². The molecule has 0 saturated heterocycles. The van der Waals surface area contributed by atoms with E-state index < -0.39 is 0 Å². The molecule has 0 spiro atoms. The molecule has 1 aliphatic rings. The molecule has 4 nitrogen and oxygen atoms in total. The molecule has 25 heavy (non-hydrogen) atoms. The van der Waals surface area contributed by atoms with Crippen LogP contribution in [0.2, 0.25) is 0 Å². The summed E-state index contributed by atoms with van der Waals surface area (Å²) in [5.74, 6) is 0.907. The second-order valence-electron chi connectivity index (χ2n) is 6.07. The molecule has 0 aromatic heterocycles. The van der Waals surface area contributed by atoms with E-state index in [1.54, 1.807) is 11.8 Å². The summed E-state index contributed by atoms with van der Waals surface area (Å²) in [5.41, 5.74) is 8.49. The van der Waals surface area contributed by atoms with Crippen LogP contribution in [0.4, 0.5) is 0 Å². The van der Waals surface area contributed by atoms with Gasteiger partial charge in [0, 0.05) is 17.9 Å². The molecule has 0 fully saturated rings. The van der Waals surface area contributed by atoms with Gasteiger partial charge in [-0.05, 0) is 36.6 Å². The first kappa shape index (κ1) is 19.3. The Morgan fingerprint density at radius 3 is 2.72 bits per heavy atom. The number of amides is 1. The Hall–Kier alpha value is -1.98. The van der Waals surface area contributed by atoms with Gasteiger partial charge in [0.15, 0.2) is 5.17 Å². The van der Waals surface area contributed by atoms with Gasteiger partial charge in [0.05, 0.1) is 5.54 Å². The van der Waals surface area contributed by atoms with Crippen molar-refractivity contribution in [3.8, 4) is 0 Å². The van der Waals surface area contributed by atoms with Gasteiger partial charge in [0.1, 0.15) is 0 Å². The highest BCUT2D eigenvalue weighted by atomic mass is 35.5. The van der Waals surface area contributed by atoms with E-state index in [9.17, 15) is 4.79 Å². The lowest BCUT2D eigenvalue weighted by atomic mass is 9.89. The number of nitrogens with zero attached hydrogens (tertiary/aromatic N) is 1. The highest BCUT2D eigenvalue weighted by molar-refractivity contribution is 8.13. The number of carbonyl (C=O) groups is 1. The molecule has 3 N–H and O–H groups in total. The van der Waals surface area contributed by atoms with E-state index in [4.69, 9.17) is 5.73 Å². The molecular weight excluding hydrogens is 354 g/mol. The quantitative estimate of drug-likeness (QED) is 0.856. The molecule has 0 saturated carbocycles. The van der Waals surface area contributed by atoms with E-state index in [0.717, 1.165) is 23.3 Å². The second-order valence-corrected chi connectivity index (χ2v) is 7.19. The monoisotopic (exact) mass is 375 g/mol. The van der Waals surface area contributed by atoms with Crippen molar-refractivity contribution >= 4 is 35.2 Å². The van der Waals surface area contributed by atoms with E-state index >= 15 is 0 Å². The average Bonchev–Trinajstić information content (AvgIpc) is 2.60. The largest absolute Gasteiger partial charge is 0.379 e. The Kier molecular flexibility index (Phi) is 6.51. The smallest absolute Gasteiger partial charge is 0.251 e. The normalized spacial score (nSPS) is 19.5. The van der Waals surface area contributed by atoms with Crippen LogP contribution in [0.3, 0.4) is 0 Å². The predicted octanol–water partition coefficient (Wildman–Crippen LogP) is 3.71. The van der Waals surface area contributed by atoms with Crippen LogP contribution in [0, 0.1) is 0 Å². The summed E-state index contributed by atoms with van der Waals surface area (Å²) in [6.07, 6.45) is 0.957. The topological polar surface area (TPSA) is 67.5 Å². The number of nitrogens with two attached hydrogens (primary N) is 1. The molecule has 2 aromatic rings. The summed E-state index contributed by atoms with van der Waals surface area (Å²) in [7, 11) is 0. The number of nitrogens with one attached hydrogen (secondary N) is 1. The first-order chi connectivity index (χ1) is 11.6. The average molecular weight is 376 g/mol. The van der Waals surface area contributed by atoms with Gasteiger partial charge in [-0.2, -0.15) is 0 Å². The maximum atomic E-state index is 12.2. The van der Waals surface area contributed by atoms with Crippen molar-refractivity contribution in [2.24, 2.45) is 10.7 Å². The molecular formula is C19H22ClN3OS. The molecule has 1 heterocycles. The van der Waals surface area contributed by atoms with Crippen molar-refractivity contribution in [1.29, 1.82) is 0 Å². The Morgan fingerprint density at radius 1 is 1.24 bits per heavy atom. The highest BCUT2D eigenvalue weighted by Crippen LogP contribution is 2.35. The first-order valence-electron chi connectivity index (χ1n) is 7.98. The zero-order valence-corrected chi connectivity index (χ0v) is 15.7. The van der Waals surface area contributed by atoms with Crippen LogP contribution in [0.15, 0.2) is 59.6 Å². The minimum absolute atomic E-state index is 0. The molecule has 1 atom stereocenters. The third-order valence-electron chi connectivity index (χ3n) is 4.23. The van der Waals surface area contributed by atoms with Crippen molar-refractivity contribution < 1.29 is 4.79 Å². The second kappa shape index (κ2) is 8.41. The van der Waals surface area contributed by atoms with Crippen molar-refractivity contribution in [2.45, 2.75) is 25.4 Å². The van der Waals surface area contributed by atoms with Crippen LogP contribution in [0.25, 0.3) is 0 Å². The predicted molar refractivity (Wildman–Crippen MR) is 107 cm³/mol. The molecule has 0 bridgehead atoms. The summed E-state index contributed by atoms with van der Waals surface area (Å²) in [6, 6.07) is 17.5. The first-order valence-corrected chi connectivity index (χ1v) is 8.96. The Labute approximate surface area is 158 Å². The number of carbonyl (C=O) groups excluding carboxylic acids is 1. The molecule has 0 aliphatic carbocycles. The maximum Gasteiger partial charge on any atom is 0.251 e. The van der Waals surface area contributed by atoms with E-state index in [0.29, 0.717) is 17.3 Å². The molecule has 1 aliphatic heterocycles. The maximum absolute atomic E-state index is 12.2. The Morgan fingerprint density at radius 2 is 2.00 bits per heavy atom. The number of hydrogen-bond donors (Lipinski definition) is 2. The lowest BCUT2D eigenvalue weighted by Crippen LogP contribution is -2.29. The number of thioether (sulfide) groups is 1. The number of aliphatic imine (C=N–C) groups is 1. The number of rotatable bonds is 4. The fraction of sp³-hybridized carbons (Fsp3) is 0.263. The number of benzene rings is 2. The van der Waals surface area contributed by atoms with Gasteiger partial charge in [0.2, 0.25) is 0 Å². The summed E-state index contributed by atoms with van der Waals surface area (Å²) >= 11 is 1.60. The standard InChI is InChI=1S/C19H21N3OS.ClH/c1-19(10-11-24-18(20)22-19)16-9-5-6-14(12-16)13-21-17(23)15-7-3-2-4-8-15;/h2-9,12H,10-11,13H2,1H3,(H2,20,22)(H,21,23);1H. The van der Waals surface area contributed by atoms with Gasteiger partial charge in [-0.15, -0.1) is 12.4 Å². The Balaban J connectivity index is 0.00000225. The zero-order chi connectivity index (χ0) is 17.0. The van der Waals surface area contributed by atoms with Crippen molar-refractivity contribution in [3.63, 3.8) is 0 Å². The summed E-state index contributed by atoms with van der Waals surface area (Å²) in [5, 5.41) is 3.61. The van der Waals surface area contributed by atoms with E-state index in [2.05, 4.69) is 29.4 Å². The van der Waals surface area contributed by atoms with Crippen LogP contribution in [-0.2, 0) is 12.1 Å². The van der Waals surface area contributed by atoms with Crippen molar-refractivity contribution in [2.75, 3.05) is 5.75 Å². The highest BCUT2D eigenvalue weighted by Gasteiger charge is 2.29. The van der Waals surface area contributed by atoms with Crippen molar-refractivity contribution in [3.05, 3.63) is 71.3 Å². The summed E-state index contributed by atoms with van der Waals surface area (Å²) in [6.45, 7) is 2.60. The fourth-order valence-electron chi connectivity index (χ4n) is 2.78. The molecule has 2 aromatic carbocycles. The van der Waals surface area contributed by atoms with Crippen LogP contribution in [-0.4, -0.2) is 16.8 Å². The Bertz CT molecular complexity index is 766. The summed E-state index contributed by atoms with van der Waals surface area (Å²) < 4.78 is 0. The third kappa shape index (κ3) is 4.77. The lowest BCUT2D eigenvalue weighted by Gasteiger charge is -2.30. The van der Waals surface area contributed by atoms with Gasteiger partial charge in [0.25, 0.3) is 5.91 Å². The molecule has 1 unspecified atom stereocenters. The van der Waals surface area contributed by atoms with Gasteiger partial charge in [-0.3, -0.25) is 9.79 Å².